The molecule has 0 aliphatic rings. The Hall–Kier alpha value is -2.98. The van der Waals surface area contributed by atoms with Gasteiger partial charge in [-0.1, -0.05) is 18.5 Å². The van der Waals surface area contributed by atoms with Crippen LogP contribution in [0.25, 0.3) is 0 Å². The van der Waals surface area contributed by atoms with E-state index in [1.165, 1.54) is 31.5 Å². The number of sulfonamides is 1. The van der Waals surface area contributed by atoms with Gasteiger partial charge in [-0.05, 0) is 55.3 Å². The van der Waals surface area contributed by atoms with Gasteiger partial charge in [0.2, 0.25) is 10.0 Å². The van der Waals surface area contributed by atoms with Crippen LogP contribution in [0.5, 0.6) is 17.2 Å². The molecule has 0 aliphatic carbocycles. The summed E-state index contributed by atoms with van der Waals surface area (Å²) in [5, 5.41) is 4.14. The number of carbonyl (C=O) groups excluding carboxylic acids is 1. The van der Waals surface area contributed by atoms with Crippen LogP contribution in [0.15, 0.2) is 41.5 Å². The van der Waals surface area contributed by atoms with Crippen LogP contribution in [-0.2, 0) is 14.8 Å². The molecule has 0 atom stereocenters. The lowest BCUT2D eigenvalue weighted by Crippen LogP contribution is -2.39. The lowest BCUT2D eigenvalue weighted by molar-refractivity contribution is -0.119. The maximum Gasteiger partial charge on any atom is 0.260 e. The second-order valence-electron chi connectivity index (χ2n) is 6.87. The summed E-state index contributed by atoms with van der Waals surface area (Å²) in [6.45, 7) is 4.44. The molecule has 0 spiro atoms. The first kappa shape index (κ1) is 26.3. The Balaban J connectivity index is 2.10. The van der Waals surface area contributed by atoms with Crippen molar-refractivity contribution in [1.82, 2.24) is 5.43 Å². The summed E-state index contributed by atoms with van der Waals surface area (Å²) in [5.74, 6) is 0.958. The van der Waals surface area contributed by atoms with E-state index in [-0.39, 0.29) is 10.7 Å². The van der Waals surface area contributed by atoms with Gasteiger partial charge in [-0.15, -0.1) is 0 Å². The van der Waals surface area contributed by atoms with Crippen molar-refractivity contribution < 1.29 is 27.4 Å². The lowest BCUT2D eigenvalue weighted by atomic mass is 10.2. The van der Waals surface area contributed by atoms with Crippen LogP contribution >= 0.6 is 11.6 Å². The summed E-state index contributed by atoms with van der Waals surface area (Å²) in [5.41, 5.74) is 3.23. The third kappa shape index (κ3) is 7.83. The molecule has 0 aliphatic heterocycles. The normalized spacial score (nSPS) is 11.3. The summed E-state index contributed by atoms with van der Waals surface area (Å²) >= 11 is 6.10. The van der Waals surface area contributed by atoms with E-state index in [1.807, 2.05) is 13.8 Å². The van der Waals surface area contributed by atoms with Gasteiger partial charge in [0.15, 0.2) is 11.5 Å². The van der Waals surface area contributed by atoms with Gasteiger partial charge < -0.3 is 14.2 Å². The Kier molecular flexibility index (Phi) is 9.80. The molecule has 2 rings (SSSR count). The molecular formula is C22H28ClN3O6S. The van der Waals surface area contributed by atoms with Gasteiger partial charge in [0.25, 0.3) is 5.91 Å². The first-order valence-electron chi connectivity index (χ1n) is 10.2. The van der Waals surface area contributed by atoms with Crippen LogP contribution < -0.4 is 23.9 Å². The van der Waals surface area contributed by atoms with E-state index in [1.54, 1.807) is 18.2 Å². The average molecular weight is 498 g/mol. The van der Waals surface area contributed by atoms with E-state index < -0.39 is 22.5 Å². The van der Waals surface area contributed by atoms with Crippen molar-refractivity contribution in [2.75, 3.05) is 37.4 Å². The molecule has 0 radical (unpaired) electrons. The molecule has 180 valence electrons. The van der Waals surface area contributed by atoms with Crippen LogP contribution in [0.2, 0.25) is 5.02 Å². The number of ether oxygens (including phenoxy) is 3. The Morgan fingerprint density at radius 2 is 1.85 bits per heavy atom. The fourth-order valence-corrected chi connectivity index (χ4v) is 3.86. The minimum absolute atomic E-state index is 0.221. The van der Waals surface area contributed by atoms with Crippen molar-refractivity contribution in [3.8, 4) is 17.2 Å². The van der Waals surface area contributed by atoms with E-state index >= 15 is 0 Å². The summed E-state index contributed by atoms with van der Waals surface area (Å²) in [6.07, 6.45) is 3.30. The number of rotatable bonds is 12. The minimum atomic E-state index is -3.76. The first-order valence-corrected chi connectivity index (χ1v) is 12.4. The summed E-state index contributed by atoms with van der Waals surface area (Å²) in [4.78, 5) is 12.4. The molecular weight excluding hydrogens is 470 g/mol. The zero-order valence-electron chi connectivity index (χ0n) is 19.0. The zero-order valence-corrected chi connectivity index (χ0v) is 20.6. The molecule has 2 aromatic rings. The largest absolute Gasteiger partial charge is 0.495 e. The Bertz CT molecular complexity index is 1090. The molecule has 0 heterocycles. The third-order valence-electron chi connectivity index (χ3n) is 4.24. The van der Waals surface area contributed by atoms with Crippen molar-refractivity contribution >= 4 is 39.4 Å². The van der Waals surface area contributed by atoms with Crippen LogP contribution in [0.1, 0.15) is 25.8 Å². The van der Waals surface area contributed by atoms with Gasteiger partial charge >= 0.3 is 0 Å². The summed E-state index contributed by atoms with van der Waals surface area (Å²) in [6, 6.07) is 9.71. The first-order chi connectivity index (χ1) is 15.7. The van der Waals surface area contributed by atoms with Gasteiger partial charge in [0.1, 0.15) is 12.3 Å². The van der Waals surface area contributed by atoms with Crippen molar-refractivity contribution in [2.24, 2.45) is 5.10 Å². The van der Waals surface area contributed by atoms with Crippen LogP contribution in [0, 0.1) is 0 Å². The fourth-order valence-electron chi connectivity index (χ4n) is 2.76. The van der Waals surface area contributed by atoms with E-state index in [4.69, 9.17) is 25.8 Å². The Morgan fingerprint density at radius 3 is 2.45 bits per heavy atom. The molecule has 0 fully saturated rings. The predicted molar refractivity (Wildman–Crippen MR) is 129 cm³/mol. The SMILES string of the molecule is CCCOc1ccc(/C=N\NC(=O)CN(c2ccc(OC)c(Cl)c2)S(C)(=O)=O)cc1OCC. The van der Waals surface area contributed by atoms with Gasteiger partial charge in [0, 0.05) is 0 Å². The lowest BCUT2D eigenvalue weighted by Gasteiger charge is -2.22. The molecule has 33 heavy (non-hydrogen) atoms. The number of hydrogen-bond donors (Lipinski definition) is 1. The molecule has 9 nitrogen and oxygen atoms in total. The van der Waals surface area contributed by atoms with E-state index in [2.05, 4.69) is 10.5 Å². The number of halogens is 1. The van der Waals surface area contributed by atoms with Gasteiger partial charge in [-0.25, -0.2) is 13.8 Å². The van der Waals surface area contributed by atoms with Crippen molar-refractivity contribution in [2.45, 2.75) is 20.3 Å². The number of hydrazone groups is 1. The number of hydrogen-bond acceptors (Lipinski definition) is 7. The van der Waals surface area contributed by atoms with Crippen molar-refractivity contribution in [1.29, 1.82) is 0 Å². The molecule has 0 aromatic heterocycles. The number of carbonyl (C=O) groups is 1. The standard InChI is InChI=1S/C22H28ClN3O6S/c1-5-11-32-20-9-7-16(12-21(20)31-6-2)14-24-25-22(27)15-26(33(4,28)29)17-8-10-19(30-3)18(23)13-17/h7-10,12-14H,5-6,11,15H2,1-4H3,(H,25,27)/b24-14-. The zero-order chi connectivity index (χ0) is 24.4. The van der Waals surface area contributed by atoms with Crippen LogP contribution in [-0.4, -0.2) is 53.7 Å². The molecule has 2 aromatic carbocycles. The molecule has 0 unspecified atom stereocenters. The monoisotopic (exact) mass is 497 g/mol. The van der Waals surface area contributed by atoms with Gasteiger partial charge in [0.05, 0.1) is 43.5 Å². The van der Waals surface area contributed by atoms with E-state index in [0.29, 0.717) is 36.0 Å². The predicted octanol–water partition coefficient (Wildman–Crippen LogP) is 3.45. The van der Waals surface area contributed by atoms with E-state index in [0.717, 1.165) is 17.0 Å². The van der Waals surface area contributed by atoms with Crippen LogP contribution in [0.4, 0.5) is 5.69 Å². The second kappa shape index (κ2) is 12.3. The maximum atomic E-state index is 12.4. The molecule has 0 saturated carbocycles. The topological polar surface area (TPSA) is 107 Å². The molecule has 1 N–H and O–H groups in total. The highest BCUT2D eigenvalue weighted by atomic mass is 35.5. The highest BCUT2D eigenvalue weighted by molar-refractivity contribution is 7.92. The van der Waals surface area contributed by atoms with Gasteiger partial charge in [-0.2, -0.15) is 5.10 Å². The number of nitrogens with one attached hydrogen (secondary N) is 1. The third-order valence-corrected chi connectivity index (χ3v) is 5.68. The molecule has 0 saturated heterocycles. The highest BCUT2D eigenvalue weighted by Gasteiger charge is 2.21. The van der Waals surface area contributed by atoms with E-state index in [9.17, 15) is 13.2 Å². The molecule has 0 bridgehead atoms. The van der Waals surface area contributed by atoms with Crippen molar-refractivity contribution in [3.05, 3.63) is 47.0 Å². The second-order valence-corrected chi connectivity index (χ2v) is 9.18. The number of amides is 1. The average Bonchev–Trinajstić information content (AvgIpc) is 2.76. The number of anilines is 1. The van der Waals surface area contributed by atoms with Crippen LogP contribution in [0.3, 0.4) is 0 Å². The summed E-state index contributed by atoms with van der Waals surface area (Å²) in [7, 11) is -2.31. The fraction of sp³-hybridized carbons (Fsp3) is 0.364. The molecule has 1 amide bonds. The molecule has 11 heteroatoms. The maximum absolute atomic E-state index is 12.4. The summed E-state index contributed by atoms with van der Waals surface area (Å²) < 4.78 is 41.7. The smallest absolute Gasteiger partial charge is 0.260 e. The number of methoxy groups -OCH3 is 1. The number of benzene rings is 2. The highest BCUT2D eigenvalue weighted by Crippen LogP contribution is 2.30. The van der Waals surface area contributed by atoms with Crippen molar-refractivity contribution in [3.63, 3.8) is 0 Å². The minimum Gasteiger partial charge on any atom is -0.495 e. The van der Waals surface area contributed by atoms with Gasteiger partial charge in [-0.3, -0.25) is 9.10 Å². The Morgan fingerprint density at radius 1 is 1.12 bits per heavy atom. The number of nitrogens with zero attached hydrogens (tertiary/aromatic N) is 2. The Labute approximate surface area is 199 Å². The quantitative estimate of drug-likeness (QED) is 0.355.